The van der Waals surface area contributed by atoms with Crippen LogP contribution in [0.5, 0.6) is 5.75 Å². The van der Waals surface area contributed by atoms with Gasteiger partial charge >= 0.3 is 0 Å². The van der Waals surface area contributed by atoms with Crippen molar-refractivity contribution in [1.82, 2.24) is 9.62 Å². The van der Waals surface area contributed by atoms with E-state index in [2.05, 4.69) is 5.32 Å². The molecule has 0 aromatic heterocycles. The fourth-order valence-electron chi connectivity index (χ4n) is 1.83. The summed E-state index contributed by atoms with van der Waals surface area (Å²) in [5.41, 5.74) is 0. The van der Waals surface area contributed by atoms with E-state index in [1.807, 2.05) is 0 Å². The third-order valence-electron chi connectivity index (χ3n) is 3.06. The molecular formula is C14H21ClN2O5S. The zero-order valence-corrected chi connectivity index (χ0v) is 14.9. The second kappa shape index (κ2) is 9.07. The molecule has 0 atom stereocenters. The van der Waals surface area contributed by atoms with Gasteiger partial charge in [-0.15, -0.1) is 0 Å². The van der Waals surface area contributed by atoms with Gasteiger partial charge in [-0.3, -0.25) is 4.79 Å². The van der Waals surface area contributed by atoms with Gasteiger partial charge in [-0.05, 0) is 18.2 Å². The van der Waals surface area contributed by atoms with Crippen LogP contribution in [0.15, 0.2) is 23.1 Å². The minimum Gasteiger partial charge on any atom is -0.495 e. The molecule has 0 aliphatic carbocycles. The van der Waals surface area contributed by atoms with Gasteiger partial charge in [0, 0.05) is 20.2 Å². The van der Waals surface area contributed by atoms with Gasteiger partial charge in [-0.25, -0.2) is 8.42 Å². The lowest BCUT2D eigenvalue weighted by Crippen LogP contribution is -2.41. The van der Waals surface area contributed by atoms with Crippen LogP contribution < -0.4 is 10.1 Å². The number of halogens is 1. The molecule has 0 unspecified atom stereocenters. The van der Waals surface area contributed by atoms with Crippen molar-refractivity contribution in [2.45, 2.75) is 11.8 Å². The number of ether oxygens (including phenoxy) is 2. The zero-order valence-electron chi connectivity index (χ0n) is 13.3. The molecule has 1 aromatic rings. The van der Waals surface area contributed by atoms with Crippen molar-refractivity contribution in [2.24, 2.45) is 0 Å². The molecular weight excluding hydrogens is 344 g/mol. The van der Waals surface area contributed by atoms with Crippen LogP contribution in [0, 0.1) is 0 Å². The molecule has 0 radical (unpaired) electrons. The van der Waals surface area contributed by atoms with Gasteiger partial charge in [0.2, 0.25) is 15.9 Å². The van der Waals surface area contributed by atoms with Gasteiger partial charge in [0.15, 0.2) is 0 Å². The maximum atomic E-state index is 12.6. The van der Waals surface area contributed by atoms with E-state index in [1.165, 1.54) is 32.4 Å². The Morgan fingerprint density at radius 1 is 1.35 bits per heavy atom. The van der Waals surface area contributed by atoms with E-state index in [0.717, 1.165) is 4.31 Å². The number of likely N-dealkylation sites (N-methyl/N-ethyl adjacent to an activating group) is 1. The average molecular weight is 365 g/mol. The molecule has 0 heterocycles. The summed E-state index contributed by atoms with van der Waals surface area (Å²) in [4.78, 5) is 11.8. The Morgan fingerprint density at radius 2 is 2.04 bits per heavy atom. The molecule has 1 amide bonds. The third kappa shape index (κ3) is 5.35. The molecule has 130 valence electrons. The van der Waals surface area contributed by atoms with E-state index in [1.54, 1.807) is 6.92 Å². The van der Waals surface area contributed by atoms with Crippen molar-refractivity contribution in [3.63, 3.8) is 0 Å². The maximum absolute atomic E-state index is 12.6. The van der Waals surface area contributed by atoms with Crippen molar-refractivity contribution in [3.8, 4) is 5.75 Å². The van der Waals surface area contributed by atoms with Crippen LogP contribution in [0.2, 0.25) is 5.02 Å². The fraction of sp³-hybridized carbons (Fsp3) is 0.500. The van der Waals surface area contributed by atoms with Crippen molar-refractivity contribution < 1.29 is 22.7 Å². The molecule has 0 aliphatic heterocycles. The van der Waals surface area contributed by atoms with Gasteiger partial charge in [0.1, 0.15) is 5.75 Å². The molecule has 1 aromatic carbocycles. The van der Waals surface area contributed by atoms with E-state index in [0.29, 0.717) is 18.9 Å². The molecule has 23 heavy (non-hydrogen) atoms. The topological polar surface area (TPSA) is 84.9 Å². The Hall–Kier alpha value is -1.35. The summed E-state index contributed by atoms with van der Waals surface area (Å²) >= 11 is 5.97. The normalized spacial score (nSPS) is 11.5. The van der Waals surface area contributed by atoms with Crippen molar-refractivity contribution >= 4 is 27.5 Å². The number of nitrogens with one attached hydrogen (secondary N) is 1. The van der Waals surface area contributed by atoms with Crippen LogP contribution in [-0.4, -0.2) is 59.1 Å². The number of hydrogen-bond acceptors (Lipinski definition) is 5. The van der Waals surface area contributed by atoms with Crippen molar-refractivity contribution in [3.05, 3.63) is 23.2 Å². The highest BCUT2D eigenvalue weighted by Gasteiger charge is 2.26. The summed E-state index contributed by atoms with van der Waals surface area (Å²) in [5.74, 6) is -0.0157. The van der Waals surface area contributed by atoms with Crippen LogP contribution >= 0.6 is 11.6 Å². The second-order valence-electron chi connectivity index (χ2n) is 4.57. The molecule has 1 rings (SSSR count). The van der Waals surface area contributed by atoms with E-state index in [-0.39, 0.29) is 23.0 Å². The average Bonchev–Trinajstić information content (AvgIpc) is 2.52. The predicted octanol–water partition coefficient (Wildman–Crippen LogP) is 1.12. The van der Waals surface area contributed by atoms with E-state index < -0.39 is 15.9 Å². The SMILES string of the molecule is CCN(CC(=O)NCCOC)S(=O)(=O)c1ccc(OC)c(Cl)c1. The van der Waals surface area contributed by atoms with Crippen LogP contribution in [0.25, 0.3) is 0 Å². The van der Waals surface area contributed by atoms with Gasteiger partial charge < -0.3 is 14.8 Å². The highest BCUT2D eigenvalue weighted by Crippen LogP contribution is 2.28. The lowest BCUT2D eigenvalue weighted by atomic mass is 10.3. The van der Waals surface area contributed by atoms with E-state index >= 15 is 0 Å². The zero-order chi connectivity index (χ0) is 17.5. The first-order valence-corrected chi connectivity index (χ1v) is 8.78. The summed E-state index contributed by atoms with van der Waals surface area (Å²) in [6.45, 7) is 2.22. The number of amides is 1. The Labute approximate surface area is 141 Å². The molecule has 9 heteroatoms. The molecule has 0 spiro atoms. The number of hydrogen-bond donors (Lipinski definition) is 1. The van der Waals surface area contributed by atoms with Crippen molar-refractivity contribution in [2.75, 3.05) is 40.5 Å². The Balaban J connectivity index is 2.90. The highest BCUT2D eigenvalue weighted by molar-refractivity contribution is 7.89. The van der Waals surface area contributed by atoms with Crippen LogP contribution in [0.3, 0.4) is 0 Å². The Kier molecular flexibility index (Phi) is 7.77. The first-order valence-electron chi connectivity index (χ1n) is 6.96. The number of methoxy groups -OCH3 is 2. The van der Waals surface area contributed by atoms with Gasteiger partial charge in [0.25, 0.3) is 0 Å². The Morgan fingerprint density at radius 3 is 2.57 bits per heavy atom. The molecule has 0 saturated carbocycles. The van der Waals surface area contributed by atoms with Crippen LogP contribution in [-0.2, 0) is 19.6 Å². The number of carbonyl (C=O) groups excluding carboxylic acids is 1. The summed E-state index contributed by atoms with van der Waals surface area (Å²) < 4.78 is 36.1. The summed E-state index contributed by atoms with van der Waals surface area (Å²) in [6, 6.07) is 4.18. The van der Waals surface area contributed by atoms with Crippen LogP contribution in [0.1, 0.15) is 6.92 Å². The molecule has 7 nitrogen and oxygen atoms in total. The van der Waals surface area contributed by atoms with Crippen LogP contribution in [0.4, 0.5) is 0 Å². The number of rotatable bonds is 9. The van der Waals surface area contributed by atoms with Gasteiger partial charge in [0.05, 0.1) is 30.2 Å². The number of nitrogens with zero attached hydrogens (tertiary/aromatic N) is 1. The lowest BCUT2D eigenvalue weighted by molar-refractivity contribution is -0.121. The Bertz CT molecular complexity index is 636. The summed E-state index contributed by atoms with van der Waals surface area (Å²) in [5, 5.41) is 2.77. The monoisotopic (exact) mass is 364 g/mol. The van der Waals surface area contributed by atoms with E-state index in [9.17, 15) is 13.2 Å². The number of carbonyl (C=O) groups is 1. The number of benzene rings is 1. The molecule has 0 aliphatic rings. The lowest BCUT2D eigenvalue weighted by Gasteiger charge is -2.20. The number of sulfonamides is 1. The van der Waals surface area contributed by atoms with Crippen molar-refractivity contribution in [1.29, 1.82) is 0 Å². The third-order valence-corrected chi connectivity index (χ3v) is 5.27. The van der Waals surface area contributed by atoms with Gasteiger partial charge in [-0.1, -0.05) is 18.5 Å². The summed E-state index contributed by atoms with van der Waals surface area (Å²) in [6.07, 6.45) is 0. The summed E-state index contributed by atoms with van der Waals surface area (Å²) in [7, 11) is -0.864. The minimum atomic E-state index is -3.82. The fourth-order valence-corrected chi connectivity index (χ4v) is 3.59. The molecule has 0 saturated heterocycles. The smallest absolute Gasteiger partial charge is 0.243 e. The minimum absolute atomic E-state index is 0.00911. The first kappa shape index (κ1) is 19.7. The quantitative estimate of drug-likeness (QED) is 0.664. The largest absolute Gasteiger partial charge is 0.495 e. The molecule has 1 N–H and O–H groups in total. The van der Waals surface area contributed by atoms with E-state index in [4.69, 9.17) is 21.1 Å². The highest BCUT2D eigenvalue weighted by atomic mass is 35.5. The first-order chi connectivity index (χ1) is 10.9. The van der Waals surface area contributed by atoms with Gasteiger partial charge in [-0.2, -0.15) is 4.31 Å². The molecule has 0 bridgehead atoms. The second-order valence-corrected chi connectivity index (χ2v) is 6.92. The standard InChI is InChI=1S/C14H21ClN2O5S/c1-4-17(10-14(18)16-7-8-21-2)23(19,20)11-5-6-13(22-3)12(15)9-11/h5-6,9H,4,7-8,10H2,1-3H3,(H,16,18). The predicted molar refractivity (Wildman–Crippen MR) is 87.3 cm³/mol. The maximum Gasteiger partial charge on any atom is 0.243 e. The molecule has 0 fully saturated rings.